The zero-order valence-corrected chi connectivity index (χ0v) is 18.4. The van der Waals surface area contributed by atoms with E-state index in [1.54, 1.807) is 6.92 Å². The summed E-state index contributed by atoms with van der Waals surface area (Å²) in [6.45, 7) is 3.29. The van der Waals surface area contributed by atoms with Gasteiger partial charge in [0.2, 0.25) is 0 Å². The van der Waals surface area contributed by atoms with Gasteiger partial charge in [0.25, 0.3) is 5.91 Å². The van der Waals surface area contributed by atoms with Gasteiger partial charge in [-0.3, -0.25) is 14.5 Å². The van der Waals surface area contributed by atoms with E-state index in [2.05, 4.69) is 10.3 Å². The highest BCUT2D eigenvalue weighted by Crippen LogP contribution is 2.33. The number of H-pyrrole nitrogens is 1. The predicted molar refractivity (Wildman–Crippen MR) is 127 cm³/mol. The Balaban J connectivity index is 1.51. The molecule has 0 radical (unpaired) electrons. The molecule has 2 heterocycles. The number of urea groups is 1. The van der Waals surface area contributed by atoms with Gasteiger partial charge in [0.1, 0.15) is 5.54 Å². The lowest BCUT2D eigenvalue weighted by atomic mass is 9.91. The van der Waals surface area contributed by atoms with Gasteiger partial charge in [-0.05, 0) is 31.0 Å². The summed E-state index contributed by atoms with van der Waals surface area (Å²) >= 11 is 0. The maximum Gasteiger partial charge on any atom is 0.325 e. The van der Waals surface area contributed by atoms with Gasteiger partial charge >= 0.3 is 6.03 Å². The molecule has 1 atom stereocenters. The van der Waals surface area contributed by atoms with Crippen LogP contribution in [0.3, 0.4) is 0 Å². The molecule has 0 bridgehead atoms. The Labute approximate surface area is 191 Å². The molecule has 1 aliphatic rings. The first-order chi connectivity index (χ1) is 15.9. The van der Waals surface area contributed by atoms with Crippen molar-refractivity contribution in [3.8, 4) is 11.3 Å². The Hall–Kier alpha value is -4.19. The molecule has 0 aliphatic carbocycles. The molecule has 6 nitrogen and oxygen atoms in total. The van der Waals surface area contributed by atoms with Crippen LogP contribution < -0.4 is 5.32 Å². The number of nitrogens with one attached hydrogen (secondary N) is 2. The maximum atomic E-state index is 13.6. The molecule has 0 spiro atoms. The average Bonchev–Trinajstić information content (AvgIpc) is 3.31. The monoisotopic (exact) mass is 437 g/mol. The second kappa shape index (κ2) is 7.74. The van der Waals surface area contributed by atoms with Crippen molar-refractivity contribution in [2.45, 2.75) is 19.4 Å². The summed E-state index contributed by atoms with van der Waals surface area (Å²) in [5.74, 6) is -0.742. The van der Waals surface area contributed by atoms with E-state index in [0.29, 0.717) is 16.8 Å². The predicted octanol–water partition coefficient (Wildman–Crippen LogP) is 4.79. The number of aromatic nitrogens is 1. The number of aryl methyl sites for hydroxylation is 1. The van der Waals surface area contributed by atoms with Gasteiger partial charge in [-0.25, -0.2) is 4.79 Å². The number of carbonyl (C=O) groups is 3. The van der Waals surface area contributed by atoms with Crippen LogP contribution in [0.2, 0.25) is 0 Å². The summed E-state index contributed by atoms with van der Waals surface area (Å²) in [6, 6.07) is 24.0. The first-order valence-corrected chi connectivity index (χ1v) is 10.8. The SMILES string of the molecule is Cc1ccc(C2(C)NC(=O)N(CC(=O)c3c(-c4ccccc4)[nH]c4ccccc34)C2=O)cc1. The van der Waals surface area contributed by atoms with Crippen LogP contribution in [0.4, 0.5) is 4.79 Å². The second-order valence-corrected chi connectivity index (χ2v) is 8.52. The third kappa shape index (κ3) is 3.40. The lowest BCUT2D eigenvalue weighted by molar-refractivity contribution is -0.130. The number of carbonyl (C=O) groups excluding carboxylic acids is 3. The van der Waals surface area contributed by atoms with Crippen LogP contribution in [0.5, 0.6) is 0 Å². The fourth-order valence-corrected chi connectivity index (χ4v) is 4.40. The molecular formula is C27H23N3O3. The summed E-state index contributed by atoms with van der Waals surface area (Å²) in [4.78, 5) is 44.0. The van der Waals surface area contributed by atoms with Gasteiger partial charge in [0.05, 0.1) is 17.8 Å². The van der Waals surface area contributed by atoms with Crippen molar-refractivity contribution in [3.05, 3.63) is 95.6 Å². The molecule has 1 fully saturated rings. The molecular weight excluding hydrogens is 414 g/mol. The molecule has 3 aromatic carbocycles. The molecule has 1 aromatic heterocycles. The lowest BCUT2D eigenvalue weighted by Gasteiger charge is -2.22. The Morgan fingerprint density at radius 2 is 1.58 bits per heavy atom. The summed E-state index contributed by atoms with van der Waals surface area (Å²) < 4.78 is 0. The number of fused-ring (bicyclic) bond motifs is 1. The van der Waals surface area contributed by atoms with Crippen LogP contribution >= 0.6 is 0 Å². The highest BCUT2D eigenvalue weighted by atomic mass is 16.2. The van der Waals surface area contributed by atoms with Crippen molar-refractivity contribution in [1.82, 2.24) is 15.2 Å². The van der Waals surface area contributed by atoms with Gasteiger partial charge in [-0.1, -0.05) is 78.4 Å². The number of para-hydroxylation sites is 1. The minimum atomic E-state index is -1.21. The number of imide groups is 1. The summed E-state index contributed by atoms with van der Waals surface area (Å²) in [6.07, 6.45) is 0. The topological polar surface area (TPSA) is 82.3 Å². The minimum absolute atomic E-state index is 0.303. The van der Waals surface area contributed by atoms with Crippen molar-refractivity contribution in [2.24, 2.45) is 0 Å². The zero-order valence-electron chi connectivity index (χ0n) is 18.4. The number of ketones is 1. The molecule has 1 unspecified atom stereocenters. The first-order valence-electron chi connectivity index (χ1n) is 10.8. The minimum Gasteiger partial charge on any atom is -0.354 e. The fourth-order valence-electron chi connectivity index (χ4n) is 4.40. The number of aromatic amines is 1. The van der Waals surface area contributed by atoms with Crippen molar-refractivity contribution in [3.63, 3.8) is 0 Å². The van der Waals surface area contributed by atoms with E-state index < -0.39 is 17.5 Å². The Kier molecular flexibility index (Phi) is 4.86. The second-order valence-electron chi connectivity index (χ2n) is 8.52. The van der Waals surface area contributed by atoms with E-state index in [-0.39, 0.29) is 12.3 Å². The molecule has 0 saturated carbocycles. The standard InChI is InChI=1S/C27H23N3O3/c1-17-12-14-19(15-13-17)27(2)25(32)30(26(33)29-27)16-22(31)23-20-10-6-7-11-21(20)28-24(23)18-8-4-3-5-9-18/h3-15,28H,16H2,1-2H3,(H,29,33). The van der Waals surface area contributed by atoms with Crippen molar-refractivity contribution >= 4 is 28.6 Å². The summed E-state index contributed by atoms with van der Waals surface area (Å²) in [5, 5.41) is 3.54. The van der Waals surface area contributed by atoms with Gasteiger partial charge < -0.3 is 10.3 Å². The highest BCUT2D eigenvalue weighted by molar-refractivity contribution is 6.17. The van der Waals surface area contributed by atoms with Gasteiger partial charge in [-0.15, -0.1) is 0 Å². The van der Waals surface area contributed by atoms with Crippen LogP contribution in [0.25, 0.3) is 22.2 Å². The highest BCUT2D eigenvalue weighted by Gasteiger charge is 2.49. The van der Waals surface area contributed by atoms with Crippen LogP contribution in [-0.2, 0) is 10.3 Å². The molecule has 4 aromatic rings. The number of hydrogen-bond donors (Lipinski definition) is 2. The van der Waals surface area contributed by atoms with E-state index in [1.165, 1.54) is 0 Å². The fraction of sp³-hybridized carbons (Fsp3) is 0.148. The third-order valence-corrected chi connectivity index (χ3v) is 6.25. The number of hydrogen-bond acceptors (Lipinski definition) is 3. The first kappa shape index (κ1) is 20.7. The van der Waals surface area contributed by atoms with Crippen molar-refractivity contribution in [2.75, 3.05) is 6.54 Å². The largest absolute Gasteiger partial charge is 0.354 e. The quantitative estimate of drug-likeness (QED) is 0.348. The number of amides is 3. The van der Waals surface area contributed by atoms with Gasteiger partial charge in [-0.2, -0.15) is 0 Å². The third-order valence-electron chi connectivity index (χ3n) is 6.25. The molecule has 1 saturated heterocycles. The van der Waals surface area contributed by atoms with Crippen LogP contribution in [0, 0.1) is 6.92 Å². The molecule has 164 valence electrons. The molecule has 3 amide bonds. The molecule has 33 heavy (non-hydrogen) atoms. The van der Waals surface area contributed by atoms with E-state index in [4.69, 9.17) is 0 Å². The Morgan fingerprint density at radius 3 is 2.30 bits per heavy atom. The van der Waals surface area contributed by atoms with Gasteiger partial charge in [0, 0.05) is 10.9 Å². The number of rotatable bonds is 5. The maximum absolute atomic E-state index is 13.6. The van der Waals surface area contributed by atoms with Crippen molar-refractivity contribution < 1.29 is 14.4 Å². The van der Waals surface area contributed by atoms with E-state index in [9.17, 15) is 14.4 Å². The smallest absolute Gasteiger partial charge is 0.325 e. The molecule has 2 N–H and O–H groups in total. The van der Waals surface area contributed by atoms with Gasteiger partial charge in [0.15, 0.2) is 5.78 Å². The number of nitrogens with zero attached hydrogens (tertiary/aromatic N) is 1. The molecule has 5 rings (SSSR count). The Bertz CT molecular complexity index is 1390. The normalized spacial score (nSPS) is 18.1. The molecule has 1 aliphatic heterocycles. The summed E-state index contributed by atoms with van der Waals surface area (Å²) in [5.41, 5.74) is 3.35. The number of benzene rings is 3. The lowest BCUT2D eigenvalue weighted by Crippen LogP contribution is -2.41. The van der Waals surface area contributed by atoms with Crippen molar-refractivity contribution in [1.29, 1.82) is 0 Å². The van der Waals surface area contributed by atoms with E-state index in [1.807, 2.05) is 85.8 Å². The number of Topliss-reactive ketones (excluding diaryl/α,β-unsaturated/α-hetero) is 1. The van der Waals surface area contributed by atoms with Crippen LogP contribution in [0.15, 0.2) is 78.9 Å². The van der Waals surface area contributed by atoms with Crippen LogP contribution in [-0.4, -0.2) is 34.2 Å². The zero-order chi connectivity index (χ0) is 23.2. The Morgan fingerprint density at radius 1 is 0.909 bits per heavy atom. The summed E-state index contributed by atoms with van der Waals surface area (Å²) in [7, 11) is 0. The van der Waals surface area contributed by atoms with E-state index in [0.717, 1.165) is 26.9 Å². The van der Waals surface area contributed by atoms with Crippen LogP contribution in [0.1, 0.15) is 28.4 Å². The average molecular weight is 437 g/mol. The van der Waals surface area contributed by atoms with E-state index >= 15 is 0 Å². The molecule has 6 heteroatoms.